The maximum Gasteiger partial charge on any atom is 0.337 e. The van der Waals surface area contributed by atoms with Crippen LogP contribution in [-0.4, -0.2) is 37.6 Å². The molecule has 110 valence electrons. The van der Waals surface area contributed by atoms with E-state index in [9.17, 15) is 4.79 Å². The lowest BCUT2D eigenvalue weighted by atomic mass is 10.0. The highest BCUT2D eigenvalue weighted by Crippen LogP contribution is 2.23. The van der Waals surface area contributed by atoms with Gasteiger partial charge in [0.1, 0.15) is 0 Å². The maximum absolute atomic E-state index is 11.5. The number of hydrogen-bond acceptors (Lipinski definition) is 4. The van der Waals surface area contributed by atoms with E-state index in [4.69, 9.17) is 10.5 Å². The third kappa shape index (κ3) is 3.58. The number of carbonyl (C=O) groups excluding carboxylic acids is 1. The van der Waals surface area contributed by atoms with Crippen LogP contribution in [0.15, 0.2) is 24.3 Å². The normalized spacial score (nSPS) is 18.3. The van der Waals surface area contributed by atoms with Gasteiger partial charge >= 0.3 is 5.97 Å². The molecule has 2 N–H and O–H groups in total. The molecular formula is C16H24N2O2. The summed E-state index contributed by atoms with van der Waals surface area (Å²) in [6.07, 6.45) is 5.12. The quantitative estimate of drug-likeness (QED) is 0.858. The van der Waals surface area contributed by atoms with Crippen molar-refractivity contribution in [2.24, 2.45) is 5.73 Å². The monoisotopic (exact) mass is 276 g/mol. The van der Waals surface area contributed by atoms with Crippen LogP contribution >= 0.6 is 0 Å². The van der Waals surface area contributed by atoms with Crippen LogP contribution in [0.3, 0.4) is 0 Å². The summed E-state index contributed by atoms with van der Waals surface area (Å²) >= 11 is 0. The fourth-order valence-corrected chi connectivity index (χ4v) is 2.86. The largest absolute Gasteiger partial charge is 0.465 e. The van der Waals surface area contributed by atoms with Crippen LogP contribution < -0.4 is 5.73 Å². The van der Waals surface area contributed by atoms with E-state index in [0.29, 0.717) is 12.1 Å². The zero-order chi connectivity index (χ0) is 14.4. The molecule has 1 heterocycles. The first-order valence-corrected chi connectivity index (χ1v) is 7.38. The van der Waals surface area contributed by atoms with E-state index in [1.54, 1.807) is 0 Å². The van der Waals surface area contributed by atoms with Crippen molar-refractivity contribution in [2.75, 3.05) is 26.7 Å². The molecule has 0 bridgehead atoms. The van der Waals surface area contributed by atoms with Crippen molar-refractivity contribution in [3.05, 3.63) is 35.4 Å². The summed E-state index contributed by atoms with van der Waals surface area (Å²) in [5.74, 6) is -0.296. The molecule has 4 heteroatoms. The molecule has 1 aromatic carbocycles. The lowest BCUT2D eigenvalue weighted by Gasteiger charge is -2.30. The minimum Gasteiger partial charge on any atom is -0.465 e. The second-order valence-corrected chi connectivity index (χ2v) is 5.32. The molecule has 1 aliphatic rings. The Morgan fingerprint density at radius 1 is 1.20 bits per heavy atom. The van der Waals surface area contributed by atoms with Crippen molar-refractivity contribution >= 4 is 5.97 Å². The highest BCUT2D eigenvalue weighted by atomic mass is 16.5. The average Bonchev–Trinajstić information content (AvgIpc) is 2.77. The Bertz CT molecular complexity index is 423. The fourth-order valence-electron chi connectivity index (χ4n) is 2.86. The van der Waals surface area contributed by atoms with Crippen LogP contribution in [0.4, 0.5) is 0 Å². The average molecular weight is 276 g/mol. The highest BCUT2D eigenvalue weighted by Gasteiger charge is 2.20. The van der Waals surface area contributed by atoms with E-state index in [1.165, 1.54) is 38.4 Å². The van der Waals surface area contributed by atoms with Gasteiger partial charge < -0.3 is 10.5 Å². The lowest BCUT2D eigenvalue weighted by molar-refractivity contribution is 0.0600. The summed E-state index contributed by atoms with van der Waals surface area (Å²) in [6.45, 7) is 2.83. The number of nitrogens with two attached hydrogens (primary N) is 1. The van der Waals surface area contributed by atoms with Gasteiger partial charge in [-0.1, -0.05) is 25.0 Å². The summed E-state index contributed by atoms with van der Waals surface area (Å²) in [5.41, 5.74) is 7.75. The van der Waals surface area contributed by atoms with E-state index in [2.05, 4.69) is 4.90 Å². The molecule has 1 unspecified atom stereocenters. The van der Waals surface area contributed by atoms with Crippen molar-refractivity contribution < 1.29 is 9.53 Å². The predicted octanol–water partition coefficient (Wildman–Crippen LogP) is 2.35. The number of nitrogens with zero attached hydrogens (tertiary/aromatic N) is 1. The minimum atomic E-state index is -0.296. The fraction of sp³-hybridized carbons (Fsp3) is 0.562. The van der Waals surface area contributed by atoms with Gasteiger partial charge in [-0.2, -0.15) is 0 Å². The second kappa shape index (κ2) is 7.41. The Kier molecular flexibility index (Phi) is 5.56. The van der Waals surface area contributed by atoms with Gasteiger partial charge in [0.05, 0.1) is 12.7 Å². The zero-order valence-corrected chi connectivity index (χ0v) is 12.2. The number of esters is 1. The van der Waals surface area contributed by atoms with Crippen molar-refractivity contribution in [1.82, 2.24) is 4.90 Å². The molecular weight excluding hydrogens is 252 g/mol. The molecule has 20 heavy (non-hydrogen) atoms. The molecule has 4 nitrogen and oxygen atoms in total. The Labute approximate surface area is 120 Å². The van der Waals surface area contributed by atoms with Crippen LogP contribution in [0, 0.1) is 0 Å². The number of likely N-dealkylation sites (tertiary alicyclic amines) is 1. The molecule has 1 aliphatic heterocycles. The predicted molar refractivity (Wildman–Crippen MR) is 79.6 cm³/mol. The molecule has 1 fully saturated rings. The van der Waals surface area contributed by atoms with Crippen LogP contribution in [0.1, 0.15) is 47.6 Å². The lowest BCUT2D eigenvalue weighted by Crippen LogP contribution is -2.34. The van der Waals surface area contributed by atoms with E-state index < -0.39 is 0 Å². The zero-order valence-electron chi connectivity index (χ0n) is 12.2. The molecule has 0 aromatic heterocycles. The standard InChI is InChI=1S/C16H24N2O2/c1-20-16(19)14-8-6-13(7-9-14)15(12-17)18-10-4-2-3-5-11-18/h6-9,15H,2-5,10-12,17H2,1H3. The van der Waals surface area contributed by atoms with Gasteiger partial charge in [0.25, 0.3) is 0 Å². The summed E-state index contributed by atoms with van der Waals surface area (Å²) < 4.78 is 4.72. The molecule has 1 atom stereocenters. The SMILES string of the molecule is COC(=O)c1ccc(C(CN)N2CCCCCC2)cc1. The van der Waals surface area contributed by atoms with Crippen molar-refractivity contribution in [1.29, 1.82) is 0 Å². The number of carbonyl (C=O) groups is 1. The Hall–Kier alpha value is -1.39. The van der Waals surface area contributed by atoms with Crippen molar-refractivity contribution in [3.8, 4) is 0 Å². The molecule has 0 saturated carbocycles. The van der Waals surface area contributed by atoms with Crippen molar-refractivity contribution in [3.63, 3.8) is 0 Å². The summed E-state index contributed by atoms with van der Waals surface area (Å²) in [7, 11) is 1.40. The second-order valence-electron chi connectivity index (χ2n) is 5.32. The summed E-state index contributed by atoms with van der Waals surface area (Å²) in [4.78, 5) is 13.9. The van der Waals surface area contributed by atoms with Crippen LogP contribution in [0.2, 0.25) is 0 Å². The molecule has 0 radical (unpaired) electrons. The number of ether oxygens (including phenoxy) is 1. The molecule has 0 spiro atoms. The first kappa shape index (κ1) is 15.0. The minimum absolute atomic E-state index is 0.250. The van der Waals surface area contributed by atoms with E-state index in [0.717, 1.165) is 13.1 Å². The van der Waals surface area contributed by atoms with Crippen molar-refractivity contribution in [2.45, 2.75) is 31.7 Å². The Morgan fingerprint density at radius 2 is 1.80 bits per heavy atom. The Morgan fingerprint density at radius 3 is 2.30 bits per heavy atom. The van der Waals surface area contributed by atoms with Gasteiger partial charge in [0, 0.05) is 12.6 Å². The molecule has 0 amide bonds. The van der Waals surface area contributed by atoms with Crippen LogP contribution in [0.5, 0.6) is 0 Å². The topological polar surface area (TPSA) is 55.6 Å². The molecule has 1 saturated heterocycles. The Balaban J connectivity index is 2.12. The maximum atomic E-state index is 11.5. The molecule has 1 aromatic rings. The van der Waals surface area contributed by atoms with Gasteiger partial charge in [-0.3, -0.25) is 4.90 Å². The van der Waals surface area contributed by atoms with Gasteiger partial charge in [-0.25, -0.2) is 4.79 Å². The third-order valence-corrected chi connectivity index (χ3v) is 4.02. The molecule has 2 rings (SSSR count). The summed E-state index contributed by atoms with van der Waals surface area (Å²) in [6, 6.07) is 7.88. The van der Waals surface area contributed by atoms with Crippen LogP contribution in [-0.2, 0) is 4.74 Å². The highest BCUT2D eigenvalue weighted by molar-refractivity contribution is 5.89. The van der Waals surface area contributed by atoms with Gasteiger partial charge in [0.15, 0.2) is 0 Å². The van der Waals surface area contributed by atoms with Gasteiger partial charge in [0.2, 0.25) is 0 Å². The first-order valence-electron chi connectivity index (χ1n) is 7.38. The van der Waals surface area contributed by atoms with Gasteiger partial charge in [-0.05, 0) is 43.6 Å². The van der Waals surface area contributed by atoms with E-state index in [1.807, 2.05) is 24.3 Å². The number of hydrogen-bond donors (Lipinski definition) is 1. The molecule has 0 aliphatic carbocycles. The number of rotatable bonds is 4. The first-order chi connectivity index (χ1) is 9.76. The van der Waals surface area contributed by atoms with E-state index in [-0.39, 0.29) is 12.0 Å². The third-order valence-electron chi connectivity index (χ3n) is 4.02. The van der Waals surface area contributed by atoms with E-state index >= 15 is 0 Å². The van der Waals surface area contributed by atoms with Gasteiger partial charge in [-0.15, -0.1) is 0 Å². The summed E-state index contributed by atoms with van der Waals surface area (Å²) in [5, 5.41) is 0. The number of methoxy groups -OCH3 is 1. The number of benzene rings is 1. The smallest absolute Gasteiger partial charge is 0.337 e. The van der Waals surface area contributed by atoms with Crippen LogP contribution in [0.25, 0.3) is 0 Å².